The summed E-state index contributed by atoms with van der Waals surface area (Å²) < 4.78 is 4.56. The van der Waals surface area contributed by atoms with Gasteiger partial charge in [0, 0.05) is 0 Å². The molecule has 0 spiro atoms. The van der Waals surface area contributed by atoms with Crippen molar-refractivity contribution in [3.8, 4) is 5.69 Å². The molecule has 0 saturated heterocycles. The maximum atomic E-state index is 12.7. The Bertz CT molecular complexity index is 860. The molecule has 5 rings (SSSR count). The van der Waals surface area contributed by atoms with Gasteiger partial charge in [0.25, 0.3) is 0 Å². The Balaban J connectivity index is 1.68. The molecule has 3 aliphatic rings. The molecule has 1 saturated carbocycles. The van der Waals surface area contributed by atoms with Crippen molar-refractivity contribution in [2.75, 3.05) is 0 Å². The van der Waals surface area contributed by atoms with Gasteiger partial charge in [-0.1, -0.05) is 18.2 Å². The first-order valence-corrected chi connectivity index (χ1v) is 7.94. The molecule has 2 aliphatic carbocycles. The number of fused-ring (bicyclic) bond motifs is 5. The molecule has 5 nitrogen and oxygen atoms in total. The van der Waals surface area contributed by atoms with E-state index in [-0.39, 0.29) is 11.4 Å². The molecule has 0 amide bonds. The summed E-state index contributed by atoms with van der Waals surface area (Å²) in [5.41, 5.74) is 3.08. The van der Waals surface area contributed by atoms with Gasteiger partial charge in [0.05, 0.1) is 18.8 Å². The van der Waals surface area contributed by atoms with Gasteiger partial charge >= 0.3 is 11.4 Å². The summed E-state index contributed by atoms with van der Waals surface area (Å²) in [6.07, 6.45) is 3.74. The van der Waals surface area contributed by atoms with E-state index in [0.29, 0.717) is 30.6 Å². The van der Waals surface area contributed by atoms with E-state index in [1.807, 2.05) is 18.2 Å². The Morgan fingerprint density at radius 2 is 1.36 bits per heavy atom. The minimum Gasteiger partial charge on any atom is -0.245 e. The van der Waals surface area contributed by atoms with Crippen LogP contribution in [0.3, 0.4) is 0 Å². The predicted octanol–water partition coefficient (Wildman–Crippen LogP) is 1.54. The van der Waals surface area contributed by atoms with Crippen LogP contribution in [0, 0.1) is 11.8 Å². The van der Waals surface area contributed by atoms with Gasteiger partial charge in [0.15, 0.2) is 0 Å². The van der Waals surface area contributed by atoms with Crippen molar-refractivity contribution >= 4 is 0 Å². The third kappa shape index (κ3) is 1.43. The second-order valence-electron chi connectivity index (χ2n) is 6.61. The third-order valence-electron chi connectivity index (χ3n) is 5.60. The summed E-state index contributed by atoms with van der Waals surface area (Å²) in [5.74, 6) is 1.30. The van der Waals surface area contributed by atoms with Crippen LogP contribution in [-0.2, 0) is 13.1 Å². The second kappa shape index (κ2) is 4.12. The number of allylic oxidation sites excluding steroid dienone is 2. The lowest BCUT2D eigenvalue weighted by atomic mass is 9.91. The summed E-state index contributed by atoms with van der Waals surface area (Å²) in [6, 6.07) is 9.19. The Hall–Kier alpha value is -2.30. The van der Waals surface area contributed by atoms with Crippen LogP contribution >= 0.6 is 0 Å². The molecule has 22 heavy (non-hydrogen) atoms. The van der Waals surface area contributed by atoms with Crippen molar-refractivity contribution in [3.63, 3.8) is 0 Å². The molecule has 1 aliphatic heterocycles. The highest BCUT2D eigenvalue weighted by Gasteiger charge is 2.41. The number of hydrogen-bond donors (Lipinski definition) is 0. The van der Waals surface area contributed by atoms with Crippen molar-refractivity contribution < 1.29 is 0 Å². The zero-order chi connectivity index (χ0) is 14.8. The first-order chi connectivity index (χ1) is 10.7. The highest BCUT2D eigenvalue weighted by Crippen LogP contribution is 2.50. The van der Waals surface area contributed by atoms with E-state index in [0.717, 1.165) is 0 Å². The zero-order valence-electron chi connectivity index (χ0n) is 12.2. The molecular weight excluding hydrogens is 278 g/mol. The molecule has 2 heterocycles. The van der Waals surface area contributed by atoms with Crippen LogP contribution in [0.25, 0.3) is 5.69 Å². The number of benzene rings is 1. The van der Waals surface area contributed by atoms with E-state index in [9.17, 15) is 9.59 Å². The number of aromatic nitrogens is 3. The van der Waals surface area contributed by atoms with Crippen LogP contribution in [-0.4, -0.2) is 13.9 Å². The summed E-state index contributed by atoms with van der Waals surface area (Å²) in [5, 5.41) is 0. The van der Waals surface area contributed by atoms with E-state index in [4.69, 9.17) is 0 Å². The molecule has 1 aromatic carbocycles. The van der Waals surface area contributed by atoms with Crippen molar-refractivity contribution in [2.24, 2.45) is 11.8 Å². The van der Waals surface area contributed by atoms with Crippen LogP contribution in [0.15, 0.2) is 51.1 Å². The molecule has 5 heteroatoms. The lowest BCUT2D eigenvalue weighted by Gasteiger charge is -2.26. The van der Waals surface area contributed by atoms with Gasteiger partial charge in [-0.05, 0) is 54.4 Å². The lowest BCUT2D eigenvalue weighted by molar-refractivity contribution is 0.413. The number of nitrogens with zero attached hydrogens (tertiary/aromatic N) is 3. The Morgan fingerprint density at radius 1 is 0.818 bits per heavy atom. The smallest absolute Gasteiger partial charge is 0.245 e. The maximum Gasteiger partial charge on any atom is 0.352 e. The number of hydrogen-bond acceptors (Lipinski definition) is 2. The Labute approximate surface area is 127 Å². The predicted molar refractivity (Wildman–Crippen MR) is 82.1 cm³/mol. The van der Waals surface area contributed by atoms with Gasteiger partial charge in [0.1, 0.15) is 0 Å². The average molecular weight is 295 g/mol. The van der Waals surface area contributed by atoms with Gasteiger partial charge < -0.3 is 0 Å². The topological polar surface area (TPSA) is 48.9 Å². The molecule has 2 unspecified atom stereocenters. The van der Waals surface area contributed by atoms with E-state index in [1.165, 1.54) is 35.0 Å². The Morgan fingerprint density at radius 3 is 1.91 bits per heavy atom. The first kappa shape index (κ1) is 12.3. The maximum absolute atomic E-state index is 12.7. The molecule has 1 fully saturated rings. The fraction of sp³-hybridized carbons (Fsp3) is 0.412. The minimum atomic E-state index is -0.217. The molecule has 2 atom stereocenters. The fourth-order valence-electron chi connectivity index (χ4n) is 4.55. The van der Waals surface area contributed by atoms with E-state index in [1.54, 1.807) is 21.5 Å². The van der Waals surface area contributed by atoms with Crippen LogP contribution in [0.4, 0.5) is 0 Å². The first-order valence-electron chi connectivity index (χ1n) is 7.94. The highest BCUT2D eigenvalue weighted by atomic mass is 16.2. The lowest BCUT2D eigenvalue weighted by Crippen LogP contribution is -2.34. The minimum absolute atomic E-state index is 0.217. The van der Waals surface area contributed by atoms with E-state index in [2.05, 4.69) is 0 Å². The molecule has 2 bridgehead atoms. The highest BCUT2D eigenvalue weighted by molar-refractivity contribution is 5.33. The van der Waals surface area contributed by atoms with E-state index >= 15 is 0 Å². The standard InChI is InChI=1S/C17H17N3O2/c21-16-18-9-14-11-6-7-12(8-11)15(14)10-19(18)17(22)20(16)13-4-2-1-3-5-13/h1-5,11-12H,6-10H2. The molecule has 0 radical (unpaired) electrons. The van der Waals surface area contributed by atoms with Crippen LogP contribution in [0.1, 0.15) is 19.3 Å². The van der Waals surface area contributed by atoms with Gasteiger partial charge in [-0.15, -0.1) is 0 Å². The van der Waals surface area contributed by atoms with Gasteiger partial charge in [0.2, 0.25) is 0 Å². The van der Waals surface area contributed by atoms with Crippen molar-refractivity contribution in [3.05, 3.63) is 62.4 Å². The summed E-state index contributed by atoms with van der Waals surface area (Å²) in [6.45, 7) is 1.20. The number of rotatable bonds is 1. The summed E-state index contributed by atoms with van der Waals surface area (Å²) >= 11 is 0. The fourth-order valence-corrected chi connectivity index (χ4v) is 4.55. The Kier molecular flexibility index (Phi) is 2.30. The monoisotopic (exact) mass is 295 g/mol. The summed E-state index contributed by atoms with van der Waals surface area (Å²) in [4.78, 5) is 25.4. The number of para-hydroxylation sites is 1. The van der Waals surface area contributed by atoms with Crippen molar-refractivity contribution in [1.82, 2.24) is 13.9 Å². The third-order valence-corrected chi connectivity index (χ3v) is 5.60. The zero-order valence-corrected chi connectivity index (χ0v) is 12.2. The van der Waals surface area contributed by atoms with Crippen LogP contribution in [0.2, 0.25) is 0 Å². The van der Waals surface area contributed by atoms with Crippen molar-refractivity contribution in [2.45, 2.75) is 32.4 Å². The average Bonchev–Trinajstić information content (AvgIpc) is 3.22. The van der Waals surface area contributed by atoms with Gasteiger partial charge in [-0.2, -0.15) is 0 Å². The van der Waals surface area contributed by atoms with Crippen LogP contribution in [0.5, 0.6) is 0 Å². The molecule has 0 N–H and O–H groups in total. The molecular formula is C17H17N3O2. The normalized spacial score (nSPS) is 25.5. The molecule has 2 aromatic rings. The quantitative estimate of drug-likeness (QED) is 0.749. The largest absolute Gasteiger partial charge is 0.352 e. The van der Waals surface area contributed by atoms with Gasteiger partial charge in [-0.3, -0.25) is 0 Å². The van der Waals surface area contributed by atoms with Crippen LogP contribution < -0.4 is 11.4 Å². The molecule has 1 aromatic heterocycles. The summed E-state index contributed by atoms with van der Waals surface area (Å²) in [7, 11) is 0. The van der Waals surface area contributed by atoms with Crippen molar-refractivity contribution in [1.29, 1.82) is 0 Å². The second-order valence-corrected chi connectivity index (χ2v) is 6.61. The SMILES string of the molecule is O=c1n(-c2ccccc2)c(=O)n2n1CC1=C(C2)C2CCC1C2. The molecule has 112 valence electrons. The van der Waals surface area contributed by atoms with E-state index < -0.39 is 0 Å². The van der Waals surface area contributed by atoms with Gasteiger partial charge in [-0.25, -0.2) is 23.5 Å².